The zero-order valence-electron chi connectivity index (χ0n) is 15.2. The topological polar surface area (TPSA) is 79.3 Å². The molecule has 138 valence electrons. The monoisotopic (exact) mass is 349 g/mol. The minimum atomic E-state index is -0.246. The average molecular weight is 349 g/mol. The number of amides is 1. The molecule has 1 fully saturated rings. The second kappa shape index (κ2) is 9.71. The SMILES string of the molecule is CCNC(=NCc1cccc(OC)n1)N1CCN(C(=O)OCC)CC1. The highest BCUT2D eigenvalue weighted by Crippen LogP contribution is 2.09. The molecule has 0 aromatic carbocycles. The van der Waals surface area contributed by atoms with Crippen LogP contribution in [0.15, 0.2) is 23.2 Å². The molecule has 0 bridgehead atoms. The Morgan fingerprint density at radius 2 is 1.96 bits per heavy atom. The van der Waals surface area contributed by atoms with Crippen LogP contribution in [0.3, 0.4) is 0 Å². The van der Waals surface area contributed by atoms with Gasteiger partial charge in [-0.2, -0.15) is 0 Å². The number of guanidine groups is 1. The van der Waals surface area contributed by atoms with Crippen molar-refractivity contribution < 1.29 is 14.3 Å². The molecule has 2 rings (SSSR count). The van der Waals surface area contributed by atoms with E-state index in [4.69, 9.17) is 9.47 Å². The quantitative estimate of drug-likeness (QED) is 0.638. The van der Waals surface area contributed by atoms with Crippen LogP contribution in [0.2, 0.25) is 0 Å². The number of nitrogens with zero attached hydrogens (tertiary/aromatic N) is 4. The van der Waals surface area contributed by atoms with Gasteiger partial charge in [-0.25, -0.2) is 14.8 Å². The summed E-state index contributed by atoms with van der Waals surface area (Å²) in [5.74, 6) is 1.41. The smallest absolute Gasteiger partial charge is 0.409 e. The maximum Gasteiger partial charge on any atom is 0.409 e. The second-order valence-electron chi connectivity index (χ2n) is 5.51. The molecule has 8 heteroatoms. The molecule has 0 spiro atoms. The molecule has 1 saturated heterocycles. The van der Waals surface area contributed by atoms with Crippen LogP contribution in [0.5, 0.6) is 5.88 Å². The fourth-order valence-electron chi connectivity index (χ4n) is 2.56. The Morgan fingerprint density at radius 1 is 1.24 bits per heavy atom. The predicted molar refractivity (Wildman–Crippen MR) is 95.8 cm³/mol. The zero-order valence-corrected chi connectivity index (χ0v) is 15.2. The number of aliphatic imine (C=N–C) groups is 1. The molecule has 25 heavy (non-hydrogen) atoms. The van der Waals surface area contributed by atoms with Gasteiger partial charge in [0.25, 0.3) is 0 Å². The largest absolute Gasteiger partial charge is 0.481 e. The van der Waals surface area contributed by atoms with E-state index in [0.717, 1.165) is 31.3 Å². The number of hydrogen-bond donors (Lipinski definition) is 1. The van der Waals surface area contributed by atoms with Gasteiger partial charge in [-0.1, -0.05) is 6.07 Å². The maximum absolute atomic E-state index is 11.8. The number of aromatic nitrogens is 1. The highest BCUT2D eigenvalue weighted by Gasteiger charge is 2.23. The Balaban J connectivity index is 1.97. The molecule has 1 aromatic rings. The summed E-state index contributed by atoms with van der Waals surface area (Å²) in [6.45, 7) is 8.19. The van der Waals surface area contributed by atoms with Crippen molar-refractivity contribution in [1.82, 2.24) is 20.1 Å². The number of nitrogens with one attached hydrogen (secondary N) is 1. The van der Waals surface area contributed by atoms with Gasteiger partial charge in [0.05, 0.1) is 26.0 Å². The van der Waals surface area contributed by atoms with Crippen LogP contribution >= 0.6 is 0 Å². The van der Waals surface area contributed by atoms with Gasteiger partial charge >= 0.3 is 6.09 Å². The normalized spacial score (nSPS) is 15.1. The van der Waals surface area contributed by atoms with E-state index in [0.29, 0.717) is 32.1 Å². The Morgan fingerprint density at radius 3 is 2.60 bits per heavy atom. The molecule has 1 aliphatic rings. The molecule has 1 aliphatic heterocycles. The highest BCUT2D eigenvalue weighted by atomic mass is 16.6. The number of piperazine rings is 1. The molecule has 2 heterocycles. The predicted octanol–water partition coefficient (Wildman–Crippen LogP) is 1.33. The number of methoxy groups -OCH3 is 1. The van der Waals surface area contributed by atoms with E-state index < -0.39 is 0 Å². The molecule has 1 N–H and O–H groups in total. The lowest BCUT2D eigenvalue weighted by molar-refractivity contribution is 0.0914. The van der Waals surface area contributed by atoms with Crippen LogP contribution in [0, 0.1) is 0 Å². The Bertz CT molecular complexity index is 585. The molecule has 0 aliphatic carbocycles. The van der Waals surface area contributed by atoms with E-state index in [1.807, 2.05) is 32.0 Å². The van der Waals surface area contributed by atoms with Gasteiger partial charge < -0.3 is 24.6 Å². The summed E-state index contributed by atoms with van der Waals surface area (Å²) in [4.78, 5) is 24.7. The molecule has 0 radical (unpaired) electrons. The number of ether oxygens (including phenoxy) is 2. The van der Waals surface area contributed by atoms with Gasteiger partial charge in [0.2, 0.25) is 5.88 Å². The number of pyridine rings is 1. The molecule has 0 atom stereocenters. The van der Waals surface area contributed by atoms with Crippen molar-refractivity contribution in [2.45, 2.75) is 20.4 Å². The lowest BCUT2D eigenvalue weighted by Gasteiger charge is -2.35. The molecule has 8 nitrogen and oxygen atoms in total. The Hall–Kier alpha value is -2.51. The van der Waals surface area contributed by atoms with Crippen LogP contribution in [0.25, 0.3) is 0 Å². The summed E-state index contributed by atoms with van der Waals surface area (Å²) in [5.41, 5.74) is 0.847. The van der Waals surface area contributed by atoms with E-state index in [9.17, 15) is 4.79 Å². The first-order chi connectivity index (χ1) is 12.2. The third-order valence-corrected chi connectivity index (χ3v) is 3.82. The van der Waals surface area contributed by atoms with Crippen molar-refractivity contribution >= 4 is 12.1 Å². The summed E-state index contributed by atoms with van der Waals surface area (Å²) < 4.78 is 10.2. The number of hydrogen-bond acceptors (Lipinski definition) is 5. The standard InChI is InChI=1S/C17H27N5O3/c1-4-18-16(19-13-14-7-6-8-15(20-14)24-3)21-9-11-22(12-10-21)17(23)25-5-2/h6-8H,4-5,9-13H2,1-3H3,(H,18,19). The summed E-state index contributed by atoms with van der Waals surface area (Å²) in [5, 5.41) is 3.30. The van der Waals surface area contributed by atoms with Crippen LogP contribution in [-0.4, -0.2) is 73.3 Å². The van der Waals surface area contributed by atoms with Crippen molar-refractivity contribution in [3.05, 3.63) is 23.9 Å². The number of carbonyl (C=O) groups excluding carboxylic acids is 1. The molecular weight excluding hydrogens is 322 g/mol. The van der Waals surface area contributed by atoms with Gasteiger partial charge in [-0.15, -0.1) is 0 Å². The van der Waals surface area contributed by atoms with Crippen LogP contribution in [0.1, 0.15) is 19.5 Å². The summed E-state index contributed by atoms with van der Waals surface area (Å²) in [6.07, 6.45) is -0.246. The first-order valence-electron chi connectivity index (χ1n) is 8.62. The van der Waals surface area contributed by atoms with Gasteiger partial charge in [-0.05, 0) is 19.9 Å². The molecule has 1 aromatic heterocycles. The zero-order chi connectivity index (χ0) is 18.1. The van der Waals surface area contributed by atoms with E-state index in [1.165, 1.54) is 0 Å². The van der Waals surface area contributed by atoms with E-state index >= 15 is 0 Å². The fourth-order valence-corrected chi connectivity index (χ4v) is 2.56. The lowest BCUT2D eigenvalue weighted by Crippen LogP contribution is -2.53. The lowest BCUT2D eigenvalue weighted by atomic mass is 10.3. The van der Waals surface area contributed by atoms with Crippen molar-refractivity contribution in [3.8, 4) is 5.88 Å². The minimum absolute atomic E-state index is 0.246. The third-order valence-electron chi connectivity index (χ3n) is 3.82. The molecular formula is C17H27N5O3. The van der Waals surface area contributed by atoms with E-state index in [-0.39, 0.29) is 6.09 Å². The van der Waals surface area contributed by atoms with Gasteiger partial charge in [-0.3, -0.25) is 0 Å². The Labute approximate surface area is 148 Å². The average Bonchev–Trinajstić information content (AvgIpc) is 2.65. The molecule has 0 saturated carbocycles. The summed E-state index contributed by atoms with van der Waals surface area (Å²) in [7, 11) is 1.60. The maximum atomic E-state index is 11.8. The molecule has 0 unspecified atom stereocenters. The van der Waals surface area contributed by atoms with Gasteiger partial charge in [0, 0.05) is 38.8 Å². The minimum Gasteiger partial charge on any atom is -0.481 e. The van der Waals surface area contributed by atoms with Crippen LogP contribution in [-0.2, 0) is 11.3 Å². The van der Waals surface area contributed by atoms with E-state index in [1.54, 1.807) is 12.0 Å². The van der Waals surface area contributed by atoms with Crippen LogP contribution in [0.4, 0.5) is 4.79 Å². The van der Waals surface area contributed by atoms with Crippen molar-refractivity contribution in [1.29, 1.82) is 0 Å². The number of carbonyl (C=O) groups is 1. The highest BCUT2D eigenvalue weighted by molar-refractivity contribution is 5.80. The third kappa shape index (κ3) is 5.51. The van der Waals surface area contributed by atoms with Gasteiger partial charge in [0.15, 0.2) is 5.96 Å². The van der Waals surface area contributed by atoms with Crippen molar-refractivity contribution in [3.63, 3.8) is 0 Å². The van der Waals surface area contributed by atoms with Crippen LogP contribution < -0.4 is 10.1 Å². The van der Waals surface area contributed by atoms with Gasteiger partial charge in [0.1, 0.15) is 0 Å². The Kier molecular flexibility index (Phi) is 7.31. The van der Waals surface area contributed by atoms with Crippen molar-refractivity contribution in [2.24, 2.45) is 4.99 Å². The first kappa shape index (κ1) is 18.8. The fraction of sp³-hybridized carbons (Fsp3) is 0.588. The summed E-state index contributed by atoms with van der Waals surface area (Å²) >= 11 is 0. The molecule has 1 amide bonds. The summed E-state index contributed by atoms with van der Waals surface area (Å²) in [6, 6.07) is 5.64. The second-order valence-corrected chi connectivity index (χ2v) is 5.51. The number of rotatable bonds is 5. The first-order valence-corrected chi connectivity index (χ1v) is 8.62. The van der Waals surface area contributed by atoms with E-state index in [2.05, 4.69) is 20.2 Å². The van der Waals surface area contributed by atoms with Crippen molar-refractivity contribution in [2.75, 3.05) is 46.4 Å².